The van der Waals surface area contributed by atoms with E-state index in [4.69, 9.17) is 9.47 Å². The van der Waals surface area contributed by atoms with Crippen LogP contribution in [0.5, 0.6) is 5.75 Å². The second kappa shape index (κ2) is 6.58. The number of hydrogen-bond donors (Lipinski definition) is 0. The first-order valence-corrected chi connectivity index (χ1v) is 5.60. The molecule has 5 heteroatoms. The predicted octanol–water partition coefficient (Wildman–Crippen LogP) is 2.24. The monoisotopic (exact) mass is 264 g/mol. The van der Waals surface area contributed by atoms with Crippen LogP contribution in [0.1, 0.15) is 22.8 Å². The smallest absolute Gasteiger partial charge is 0.338 e. The molecule has 0 amide bonds. The fraction of sp³-hybridized carbons (Fsp3) is 0.286. The minimum absolute atomic E-state index is 0.206. The molecule has 1 rings (SSSR count). The van der Waals surface area contributed by atoms with Crippen LogP contribution in [0, 0.1) is 6.92 Å². The van der Waals surface area contributed by atoms with Gasteiger partial charge in [0, 0.05) is 5.57 Å². The molecule has 1 aromatic carbocycles. The van der Waals surface area contributed by atoms with Gasteiger partial charge in [-0.15, -0.1) is 0 Å². The Labute approximate surface area is 111 Å². The maximum Gasteiger partial charge on any atom is 0.338 e. The van der Waals surface area contributed by atoms with Crippen molar-refractivity contribution in [2.45, 2.75) is 13.8 Å². The van der Waals surface area contributed by atoms with Crippen molar-refractivity contribution in [3.8, 4) is 5.75 Å². The highest BCUT2D eigenvalue weighted by molar-refractivity contribution is 5.91. The van der Waals surface area contributed by atoms with Crippen molar-refractivity contribution >= 4 is 11.9 Å². The van der Waals surface area contributed by atoms with Gasteiger partial charge in [0.1, 0.15) is 5.75 Å². The van der Waals surface area contributed by atoms with Crippen molar-refractivity contribution in [3.63, 3.8) is 0 Å². The van der Waals surface area contributed by atoms with Crippen molar-refractivity contribution in [3.05, 3.63) is 41.5 Å². The largest absolute Gasteiger partial charge is 0.465 e. The highest BCUT2D eigenvalue weighted by atomic mass is 16.7. The Bertz CT molecular complexity index is 505. The van der Waals surface area contributed by atoms with Gasteiger partial charge in [-0.05, 0) is 37.6 Å². The van der Waals surface area contributed by atoms with Crippen molar-refractivity contribution in [2.75, 3.05) is 13.9 Å². The van der Waals surface area contributed by atoms with Crippen molar-refractivity contribution < 1.29 is 23.8 Å². The molecular weight excluding hydrogens is 248 g/mol. The first kappa shape index (κ1) is 14.8. The molecule has 0 spiro atoms. The number of carbonyl (C=O) groups is 2. The Kier molecular flexibility index (Phi) is 5.11. The number of benzene rings is 1. The van der Waals surface area contributed by atoms with E-state index < -0.39 is 11.9 Å². The lowest BCUT2D eigenvalue weighted by Crippen LogP contribution is -2.11. The third-order valence-corrected chi connectivity index (χ3v) is 2.37. The molecule has 0 saturated carbocycles. The number of rotatable bonds is 5. The summed E-state index contributed by atoms with van der Waals surface area (Å²) in [5, 5.41) is 0. The van der Waals surface area contributed by atoms with E-state index in [1.807, 2.05) is 0 Å². The Morgan fingerprint density at radius 3 is 2.53 bits per heavy atom. The van der Waals surface area contributed by atoms with E-state index in [0.29, 0.717) is 16.9 Å². The van der Waals surface area contributed by atoms with E-state index in [-0.39, 0.29) is 6.79 Å². The molecule has 0 aliphatic rings. The van der Waals surface area contributed by atoms with E-state index in [2.05, 4.69) is 11.3 Å². The Balaban J connectivity index is 2.62. The van der Waals surface area contributed by atoms with Gasteiger partial charge in [0.15, 0.2) is 0 Å². The molecule has 1 aromatic rings. The maximum atomic E-state index is 11.4. The average Bonchev–Trinajstić information content (AvgIpc) is 2.37. The predicted molar refractivity (Wildman–Crippen MR) is 68.9 cm³/mol. The third kappa shape index (κ3) is 4.13. The van der Waals surface area contributed by atoms with Crippen molar-refractivity contribution in [1.29, 1.82) is 0 Å². The van der Waals surface area contributed by atoms with Crippen LogP contribution in [-0.2, 0) is 14.3 Å². The lowest BCUT2D eigenvalue weighted by Gasteiger charge is -2.09. The minimum Gasteiger partial charge on any atom is -0.465 e. The summed E-state index contributed by atoms with van der Waals surface area (Å²) in [7, 11) is 1.32. The molecule has 0 aliphatic carbocycles. The lowest BCUT2D eigenvalue weighted by atomic mass is 10.1. The molecule has 0 bridgehead atoms. The molecule has 0 aromatic heterocycles. The lowest BCUT2D eigenvalue weighted by molar-refractivity contribution is -0.145. The molecule has 102 valence electrons. The van der Waals surface area contributed by atoms with Crippen LogP contribution >= 0.6 is 0 Å². The van der Waals surface area contributed by atoms with Crippen LogP contribution in [0.25, 0.3) is 0 Å². The summed E-state index contributed by atoms with van der Waals surface area (Å²) in [6, 6.07) is 4.87. The quantitative estimate of drug-likeness (QED) is 0.463. The van der Waals surface area contributed by atoms with Crippen LogP contribution in [-0.4, -0.2) is 25.8 Å². The first-order valence-electron chi connectivity index (χ1n) is 5.60. The first-order chi connectivity index (χ1) is 8.95. The summed E-state index contributed by atoms with van der Waals surface area (Å²) in [5.41, 5.74) is 1.49. The van der Waals surface area contributed by atoms with Crippen LogP contribution in [0.2, 0.25) is 0 Å². The van der Waals surface area contributed by atoms with Crippen LogP contribution in [0.3, 0.4) is 0 Å². The second-order valence-corrected chi connectivity index (χ2v) is 3.94. The fourth-order valence-corrected chi connectivity index (χ4v) is 1.34. The molecule has 0 saturated heterocycles. The summed E-state index contributed by atoms with van der Waals surface area (Å²) in [6.07, 6.45) is 0. The van der Waals surface area contributed by atoms with Crippen LogP contribution in [0.4, 0.5) is 0 Å². The molecule has 0 fully saturated rings. The average molecular weight is 264 g/mol. The molecule has 0 atom stereocenters. The zero-order chi connectivity index (χ0) is 14.4. The summed E-state index contributed by atoms with van der Waals surface area (Å²) >= 11 is 0. The zero-order valence-corrected chi connectivity index (χ0v) is 11.2. The molecule has 0 radical (unpaired) electrons. The molecule has 0 N–H and O–H groups in total. The van der Waals surface area contributed by atoms with Crippen molar-refractivity contribution in [2.24, 2.45) is 0 Å². The Morgan fingerprint density at radius 1 is 1.32 bits per heavy atom. The van der Waals surface area contributed by atoms with Gasteiger partial charge in [-0.3, -0.25) is 0 Å². The SMILES string of the molecule is C=C(C)C(=O)OCOc1ccc(C(=O)OC)c(C)c1. The van der Waals surface area contributed by atoms with Gasteiger partial charge in [0.25, 0.3) is 0 Å². The summed E-state index contributed by atoms with van der Waals surface area (Å²) in [5.74, 6) is -0.416. The minimum atomic E-state index is -0.511. The molecule has 19 heavy (non-hydrogen) atoms. The Hall–Kier alpha value is -2.30. The standard InChI is InChI=1S/C14H16O5/c1-9(2)13(15)19-8-18-11-5-6-12(10(3)7-11)14(16)17-4/h5-7H,1,8H2,2-4H3. The normalized spacial score (nSPS) is 9.63. The highest BCUT2D eigenvalue weighted by Gasteiger charge is 2.10. The van der Waals surface area contributed by atoms with Crippen LogP contribution < -0.4 is 4.74 Å². The molecule has 0 unspecified atom stereocenters. The summed E-state index contributed by atoms with van der Waals surface area (Å²) in [6.45, 7) is 6.56. The Morgan fingerprint density at radius 2 is 2.00 bits per heavy atom. The van der Waals surface area contributed by atoms with E-state index >= 15 is 0 Å². The molecule has 5 nitrogen and oxygen atoms in total. The molecule has 0 heterocycles. The molecule has 0 aliphatic heterocycles. The molecular formula is C14H16O5. The number of ether oxygens (including phenoxy) is 3. The van der Waals surface area contributed by atoms with E-state index in [9.17, 15) is 9.59 Å². The number of hydrogen-bond acceptors (Lipinski definition) is 5. The number of esters is 2. The topological polar surface area (TPSA) is 61.8 Å². The number of methoxy groups -OCH3 is 1. The zero-order valence-electron chi connectivity index (χ0n) is 11.2. The summed E-state index contributed by atoms with van der Waals surface area (Å²) in [4.78, 5) is 22.5. The second-order valence-electron chi connectivity index (χ2n) is 3.94. The van der Waals surface area contributed by atoms with Gasteiger partial charge in [-0.1, -0.05) is 6.58 Å². The van der Waals surface area contributed by atoms with E-state index in [1.165, 1.54) is 7.11 Å². The van der Waals surface area contributed by atoms with Gasteiger partial charge in [-0.2, -0.15) is 0 Å². The fourth-order valence-electron chi connectivity index (χ4n) is 1.34. The van der Waals surface area contributed by atoms with Gasteiger partial charge in [0.2, 0.25) is 6.79 Å². The summed E-state index contributed by atoms with van der Waals surface area (Å²) < 4.78 is 14.7. The van der Waals surface area contributed by atoms with Gasteiger partial charge >= 0.3 is 11.9 Å². The third-order valence-electron chi connectivity index (χ3n) is 2.37. The van der Waals surface area contributed by atoms with Crippen LogP contribution in [0.15, 0.2) is 30.4 Å². The van der Waals surface area contributed by atoms with Gasteiger partial charge in [-0.25, -0.2) is 9.59 Å². The number of aryl methyl sites for hydroxylation is 1. The van der Waals surface area contributed by atoms with Gasteiger partial charge < -0.3 is 14.2 Å². The number of carbonyl (C=O) groups excluding carboxylic acids is 2. The maximum absolute atomic E-state index is 11.4. The van der Waals surface area contributed by atoms with Gasteiger partial charge in [0.05, 0.1) is 12.7 Å². The van der Waals surface area contributed by atoms with E-state index in [0.717, 1.165) is 5.56 Å². The highest BCUT2D eigenvalue weighted by Crippen LogP contribution is 2.18. The van der Waals surface area contributed by atoms with E-state index in [1.54, 1.807) is 32.0 Å². The van der Waals surface area contributed by atoms with Crippen molar-refractivity contribution in [1.82, 2.24) is 0 Å².